The molecule has 30 heavy (non-hydrogen) atoms. The van der Waals surface area contributed by atoms with Crippen LogP contribution < -0.4 is 4.74 Å². The Labute approximate surface area is 175 Å². The van der Waals surface area contributed by atoms with Gasteiger partial charge in [0.25, 0.3) is 5.89 Å². The van der Waals surface area contributed by atoms with E-state index in [0.29, 0.717) is 17.7 Å². The van der Waals surface area contributed by atoms with Crippen LogP contribution in [0.3, 0.4) is 0 Å². The fourth-order valence-corrected chi connectivity index (χ4v) is 3.42. The van der Waals surface area contributed by atoms with E-state index in [1.807, 2.05) is 36.4 Å². The van der Waals surface area contributed by atoms with Gasteiger partial charge < -0.3 is 9.15 Å². The average molecular weight is 400 g/mol. The lowest BCUT2D eigenvalue weighted by Crippen LogP contribution is -1.99. The highest BCUT2D eigenvalue weighted by Crippen LogP contribution is 2.25. The number of nitrogens with zero attached hydrogens (tertiary/aromatic N) is 2. The quantitative estimate of drug-likeness (QED) is 0.259. The number of ketones is 1. The van der Waals surface area contributed by atoms with Gasteiger partial charge in [0.05, 0.1) is 7.11 Å². The number of methoxy groups -OCH3 is 1. The smallest absolute Gasteiger partial charge is 0.265 e. The van der Waals surface area contributed by atoms with Crippen LogP contribution in [0.25, 0.3) is 22.4 Å². The third-order valence-corrected chi connectivity index (χ3v) is 5.12. The second-order valence-electron chi connectivity index (χ2n) is 7.26. The summed E-state index contributed by atoms with van der Waals surface area (Å²) in [7, 11) is 1.64. The molecule has 0 spiro atoms. The van der Waals surface area contributed by atoms with E-state index >= 15 is 0 Å². The summed E-state index contributed by atoms with van der Waals surface area (Å²) in [4.78, 5) is 21.1. The van der Waals surface area contributed by atoms with Crippen LogP contribution in [-0.2, 0) is 6.42 Å². The topological polar surface area (TPSA) is 65.2 Å². The van der Waals surface area contributed by atoms with Gasteiger partial charge in [-0.15, -0.1) is 0 Å². The molecule has 2 aromatic carbocycles. The van der Waals surface area contributed by atoms with E-state index in [0.717, 1.165) is 42.6 Å². The molecule has 4 aromatic rings. The van der Waals surface area contributed by atoms with Crippen molar-refractivity contribution in [2.24, 2.45) is 0 Å². The largest absolute Gasteiger partial charge is 0.497 e. The van der Waals surface area contributed by atoms with E-state index in [9.17, 15) is 4.79 Å². The summed E-state index contributed by atoms with van der Waals surface area (Å²) < 4.78 is 10.9. The zero-order valence-corrected chi connectivity index (χ0v) is 17.0. The van der Waals surface area contributed by atoms with Crippen LogP contribution in [0.4, 0.5) is 0 Å². The molecule has 0 aliphatic rings. The number of oxazole rings is 1. The van der Waals surface area contributed by atoms with E-state index in [4.69, 9.17) is 9.15 Å². The predicted octanol–water partition coefficient (Wildman–Crippen LogP) is 5.88. The van der Waals surface area contributed by atoms with E-state index < -0.39 is 0 Å². The van der Waals surface area contributed by atoms with Gasteiger partial charge in [0.15, 0.2) is 11.2 Å². The van der Waals surface area contributed by atoms with Crippen molar-refractivity contribution < 1.29 is 13.9 Å². The van der Waals surface area contributed by atoms with Crippen molar-refractivity contribution in [2.75, 3.05) is 7.11 Å². The van der Waals surface area contributed by atoms with Gasteiger partial charge in [-0.3, -0.25) is 4.79 Å². The maximum absolute atomic E-state index is 12.5. The van der Waals surface area contributed by atoms with Gasteiger partial charge in [-0.05, 0) is 48.6 Å². The normalized spacial score (nSPS) is 11.0. The summed E-state index contributed by atoms with van der Waals surface area (Å²) in [6.45, 7) is 0. The molecule has 5 nitrogen and oxygen atoms in total. The molecule has 5 heteroatoms. The number of benzene rings is 2. The van der Waals surface area contributed by atoms with Crippen LogP contribution in [0.2, 0.25) is 0 Å². The fraction of sp³-hybridized carbons (Fsp3) is 0.240. The summed E-state index contributed by atoms with van der Waals surface area (Å²) >= 11 is 0. The standard InChI is InChI=1S/C25H24N2O3/c1-29-21-14-12-19(13-15-21)20-16-23-24(26-17-20)27-25(30-23)22(28)11-7-3-6-10-18-8-4-2-5-9-18/h2,4-5,8-9,12-17H,3,6-7,10-11H2,1H3. The fourth-order valence-electron chi connectivity index (χ4n) is 3.42. The number of carbonyl (C=O) groups excluding carboxylic acids is 1. The molecule has 0 bridgehead atoms. The predicted molar refractivity (Wildman–Crippen MR) is 117 cm³/mol. The maximum atomic E-state index is 12.5. The van der Waals surface area contributed by atoms with Crippen molar-refractivity contribution in [3.8, 4) is 16.9 Å². The molecule has 0 aliphatic carbocycles. The first-order chi connectivity index (χ1) is 14.7. The average Bonchev–Trinajstić information content (AvgIpc) is 3.23. The first-order valence-electron chi connectivity index (χ1n) is 10.2. The van der Waals surface area contributed by atoms with E-state index in [-0.39, 0.29) is 11.7 Å². The summed E-state index contributed by atoms with van der Waals surface area (Å²) in [6.07, 6.45) is 6.11. The molecule has 0 saturated carbocycles. The van der Waals surface area contributed by atoms with Gasteiger partial charge in [0, 0.05) is 18.2 Å². The van der Waals surface area contributed by atoms with Gasteiger partial charge in [0.1, 0.15) is 5.75 Å². The summed E-state index contributed by atoms with van der Waals surface area (Å²) in [5, 5.41) is 0. The lowest BCUT2D eigenvalue weighted by Gasteiger charge is -2.02. The van der Waals surface area contributed by atoms with Crippen LogP contribution in [0.15, 0.2) is 71.3 Å². The lowest BCUT2D eigenvalue weighted by molar-refractivity contribution is 0.0947. The number of Topliss-reactive ketones (excluding diaryl/α,β-unsaturated/α-hetero) is 1. The van der Waals surface area contributed by atoms with Crippen molar-refractivity contribution >= 4 is 17.0 Å². The SMILES string of the molecule is COc1ccc(-c2cnc3nc(C(=O)CCCCCc4ccccc4)oc3c2)cc1. The van der Waals surface area contributed by atoms with Crippen molar-refractivity contribution in [2.45, 2.75) is 32.1 Å². The molecule has 0 fully saturated rings. The highest BCUT2D eigenvalue weighted by Gasteiger charge is 2.15. The zero-order chi connectivity index (χ0) is 20.8. The molecule has 0 amide bonds. The van der Waals surface area contributed by atoms with Gasteiger partial charge >= 0.3 is 0 Å². The Morgan fingerprint density at radius 3 is 2.53 bits per heavy atom. The number of fused-ring (bicyclic) bond motifs is 1. The molecule has 152 valence electrons. The molecule has 0 N–H and O–H groups in total. The van der Waals surface area contributed by atoms with Crippen LogP contribution in [0.1, 0.15) is 41.9 Å². The number of pyridine rings is 1. The Morgan fingerprint density at radius 1 is 0.967 bits per heavy atom. The van der Waals surface area contributed by atoms with Crippen molar-refractivity contribution in [3.05, 3.63) is 78.3 Å². The Kier molecular flexibility index (Phi) is 6.18. The van der Waals surface area contributed by atoms with Crippen LogP contribution in [-0.4, -0.2) is 22.9 Å². The maximum Gasteiger partial charge on any atom is 0.265 e. The highest BCUT2D eigenvalue weighted by molar-refractivity contribution is 5.93. The monoisotopic (exact) mass is 400 g/mol. The molecule has 0 unspecified atom stereocenters. The Hall–Kier alpha value is -3.47. The minimum atomic E-state index is -0.0706. The molecule has 4 rings (SSSR count). The molecule has 2 aromatic heterocycles. The molecule has 2 heterocycles. The molecule has 0 saturated heterocycles. The van der Waals surface area contributed by atoms with E-state index in [1.165, 1.54) is 5.56 Å². The molecular formula is C25H24N2O3. The van der Waals surface area contributed by atoms with Gasteiger partial charge in [-0.1, -0.05) is 48.9 Å². The van der Waals surface area contributed by atoms with Crippen LogP contribution in [0.5, 0.6) is 5.75 Å². The third-order valence-electron chi connectivity index (χ3n) is 5.12. The third kappa shape index (κ3) is 4.74. The number of carbonyl (C=O) groups is 1. The van der Waals surface area contributed by atoms with Crippen molar-refractivity contribution in [1.82, 2.24) is 9.97 Å². The van der Waals surface area contributed by atoms with E-state index in [1.54, 1.807) is 13.3 Å². The molecule has 0 radical (unpaired) electrons. The minimum Gasteiger partial charge on any atom is -0.497 e. The number of rotatable bonds is 9. The molecule has 0 atom stereocenters. The van der Waals surface area contributed by atoms with Crippen molar-refractivity contribution in [3.63, 3.8) is 0 Å². The van der Waals surface area contributed by atoms with Gasteiger partial charge in [-0.25, -0.2) is 4.98 Å². The van der Waals surface area contributed by atoms with Gasteiger partial charge in [0.2, 0.25) is 5.78 Å². The number of aromatic nitrogens is 2. The van der Waals surface area contributed by atoms with E-state index in [2.05, 4.69) is 34.2 Å². The Balaban J connectivity index is 1.35. The first-order valence-corrected chi connectivity index (χ1v) is 10.2. The summed E-state index contributed by atoms with van der Waals surface area (Å²) in [6, 6.07) is 20.0. The number of unbranched alkanes of at least 4 members (excludes halogenated alkanes) is 2. The number of hydrogen-bond donors (Lipinski definition) is 0. The highest BCUT2D eigenvalue weighted by atomic mass is 16.5. The molecule has 0 aliphatic heterocycles. The Bertz CT molecular complexity index is 1120. The number of ether oxygens (including phenoxy) is 1. The Morgan fingerprint density at radius 2 is 1.77 bits per heavy atom. The van der Waals surface area contributed by atoms with Crippen molar-refractivity contribution in [1.29, 1.82) is 0 Å². The number of hydrogen-bond acceptors (Lipinski definition) is 5. The summed E-state index contributed by atoms with van der Waals surface area (Å²) in [5.41, 5.74) is 4.21. The zero-order valence-electron chi connectivity index (χ0n) is 17.0. The second-order valence-corrected chi connectivity index (χ2v) is 7.26. The minimum absolute atomic E-state index is 0.0706. The van der Waals surface area contributed by atoms with Crippen LogP contribution in [0, 0.1) is 0 Å². The lowest BCUT2D eigenvalue weighted by atomic mass is 10.1. The molecular weight excluding hydrogens is 376 g/mol. The van der Waals surface area contributed by atoms with Crippen LogP contribution >= 0.6 is 0 Å². The summed E-state index contributed by atoms with van der Waals surface area (Å²) in [5.74, 6) is 0.871. The van der Waals surface area contributed by atoms with Gasteiger partial charge in [-0.2, -0.15) is 4.98 Å². The first kappa shape index (κ1) is 19.8. The number of aryl methyl sites for hydroxylation is 1. The second kappa shape index (κ2) is 9.35.